The average Bonchev–Trinajstić information content (AvgIpc) is 2.99. The molecule has 1 N–H and O–H groups in total. The third-order valence-electron chi connectivity index (χ3n) is 4.72. The fourth-order valence-electron chi connectivity index (χ4n) is 3.48. The lowest BCUT2D eigenvalue weighted by atomic mass is 9.93. The Balaban J connectivity index is 1.93. The Kier molecular flexibility index (Phi) is 4.98. The molecule has 2 aromatic carbocycles. The van der Waals surface area contributed by atoms with Crippen LogP contribution in [0.15, 0.2) is 54.6 Å². The molecule has 0 radical (unpaired) electrons. The molecule has 2 unspecified atom stereocenters. The zero-order valence-corrected chi connectivity index (χ0v) is 14.7. The van der Waals surface area contributed by atoms with Crippen LogP contribution in [0.4, 0.5) is 0 Å². The van der Waals surface area contributed by atoms with E-state index in [2.05, 4.69) is 67.7 Å². The van der Waals surface area contributed by atoms with Gasteiger partial charge in [-0.1, -0.05) is 61.5 Å². The van der Waals surface area contributed by atoms with Crippen molar-refractivity contribution < 1.29 is 4.21 Å². The van der Waals surface area contributed by atoms with Crippen LogP contribution >= 0.6 is 0 Å². The van der Waals surface area contributed by atoms with E-state index in [1.54, 1.807) is 0 Å². The summed E-state index contributed by atoms with van der Waals surface area (Å²) >= 11 is 0. The molecule has 0 bridgehead atoms. The van der Waals surface area contributed by atoms with Gasteiger partial charge in [0.25, 0.3) is 0 Å². The van der Waals surface area contributed by atoms with Gasteiger partial charge >= 0.3 is 0 Å². The first-order valence-electron chi connectivity index (χ1n) is 8.43. The fraction of sp³-hybridized carbons (Fsp3) is 0.400. The summed E-state index contributed by atoms with van der Waals surface area (Å²) in [5, 5.41) is 3.50. The predicted octanol–water partition coefficient (Wildman–Crippen LogP) is 4.09. The Labute approximate surface area is 141 Å². The van der Waals surface area contributed by atoms with Crippen LogP contribution in [0, 0.1) is 0 Å². The number of hydrogen-bond donors (Lipinski definition) is 1. The molecule has 23 heavy (non-hydrogen) atoms. The van der Waals surface area contributed by atoms with Gasteiger partial charge in [-0.2, -0.15) is 0 Å². The minimum Gasteiger partial charge on any atom is -0.312 e. The lowest BCUT2D eigenvalue weighted by Gasteiger charge is -2.28. The Morgan fingerprint density at radius 2 is 1.74 bits per heavy atom. The molecule has 3 heteroatoms. The summed E-state index contributed by atoms with van der Waals surface area (Å²) in [5.74, 6) is 0.773. The maximum Gasteiger partial charge on any atom is 0.0845 e. The minimum absolute atomic E-state index is 0.232. The maximum atomic E-state index is 12.9. The van der Waals surface area contributed by atoms with E-state index in [0.29, 0.717) is 6.04 Å². The third kappa shape index (κ3) is 3.26. The minimum atomic E-state index is -0.839. The Bertz CT molecular complexity index is 668. The third-order valence-corrected chi connectivity index (χ3v) is 6.91. The molecular formula is C20H25NOS. The lowest BCUT2D eigenvalue weighted by Crippen LogP contribution is -2.35. The van der Waals surface area contributed by atoms with Crippen molar-refractivity contribution in [3.05, 3.63) is 60.2 Å². The molecule has 1 fully saturated rings. The highest BCUT2D eigenvalue weighted by atomic mass is 32.2. The van der Waals surface area contributed by atoms with Crippen molar-refractivity contribution in [1.29, 1.82) is 0 Å². The van der Waals surface area contributed by atoms with Gasteiger partial charge in [-0.3, -0.25) is 4.21 Å². The fourth-order valence-corrected chi connectivity index (χ4v) is 5.32. The Morgan fingerprint density at radius 1 is 1.09 bits per heavy atom. The first-order valence-corrected chi connectivity index (χ1v) is 9.75. The van der Waals surface area contributed by atoms with Gasteiger partial charge in [0.1, 0.15) is 0 Å². The van der Waals surface area contributed by atoms with Crippen LogP contribution in [-0.4, -0.2) is 22.5 Å². The molecule has 3 rings (SSSR count). The van der Waals surface area contributed by atoms with E-state index in [9.17, 15) is 4.21 Å². The quantitative estimate of drug-likeness (QED) is 0.896. The normalized spacial score (nSPS) is 25.4. The van der Waals surface area contributed by atoms with Crippen LogP contribution in [0.3, 0.4) is 0 Å². The summed E-state index contributed by atoms with van der Waals surface area (Å²) < 4.78 is 12.7. The lowest BCUT2D eigenvalue weighted by molar-refractivity contribution is 0.600. The number of rotatable bonds is 5. The highest BCUT2D eigenvalue weighted by Gasteiger charge is 2.43. The first kappa shape index (κ1) is 16.4. The molecule has 1 aliphatic rings. The molecule has 1 aliphatic heterocycles. The van der Waals surface area contributed by atoms with Crippen LogP contribution in [0.25, 0.3) is 11.1 Å². The van der Waals surface area contributed by atoms with Crippen LogP contribution < -0.4 is 5.32 Å². The van der Waals surface area contributed by atoms with Crippen molar-refractivity contribution in [3.8, 4) is 11.1 Å². The van der Waals surface area contributed by atoms with E-state index >= 15 is 0 Å². The topological polar surface area (TPSA) is 29.1 Å². The second-order valence-electron chi connectivity index (χ2n) is 6.47. The molecular weight excluding hydrogens is 302 g/mol. The molecule has 0 amide bonds. The molecule has 0 aliphatic carbocycles. The molecule has 1 saturated heterocycles. The van der Waals surface area contributed by atoms with Crippen molar-refractivity contribution in [1.82, 2.24) is 5.32 Å². The predicted molar refractivity (Wildman–Crippen MR) is 98.9 cm³/mol. The van der Waals surface area contributed by atoms with Crippen LogP contribution in [-0.2, 0) is 15.5 Å². The van der Waals surface area contributed by atoms with Gasteiger partial charge in [-0.05, 0) is 36.5 Å². The van der Waals surface area contributed by atoms with Crippen LogP contribution in [0.1, 0.15) is 32.3 Å². The van der Waals surface area contributed by atoms with Gasteiger partial charge in [-0.15, -0.1) is 0 Å². The van der Waals surface area contributed by atoms with Gasteiger partial charge in [0.2, 0.25) is 0 Å². The molecule has 2 nitrogen and oxygen atoms in total. The maximum absolute atomic E-state index is 12.9. The van der Waals surface area contributed by atoms with E-state index in [4.69, 9.17) is 0 Å². The molecule has 0 aromatic heterocycles. The van der Waals surface area contributed by atoms with Gasteiger partial charge in [-0.25, -0.2) is 0 Å². The van der Waals surface area contributed by atoms with Gasteiger partial charge in [0.15, 0.2) is 0 Å². The van der Waals surface area contributed by atoms with Crippen LogP contribution in [0.5, 0.6) is 0 Å². The van der Waals surface area contributed by atoms with E-state index < -0.39 is 10.8 Å². The van der Waals surface area contributed by atoms with E-state index in [1.807, 2.05) is 6.07 Å². The van der Waals surface area contributed by atoms with Gasteiger partial charge in [0.05, 0.1) is 4.75 Å². The summed E-state index contributed by atoms with van der Waals surface area (Å²) in [6.45, 7) is 5.10. The molecule has 0 spiro atoms. The SMILES string of the molecule is CCCS(=O)[C@]1(c2ccc(-c3ccccc3)cc2)CNC(C)C1. The number of nitrogens with one attached hydrogen (secondary N) is 1. The highest BCUT2D eigenvalue weighted by Crippen LogP contribution is 2.38. The molecule has 122 valence electrons. The second-order valence-corrected chi connectivity index (χ2v) is 8.35. The molecule has 2 aromatic rings. The second kappa shape index (κ2) is 6.98. The van der Waals surface area contributed by atoms with Crippen molar-refractivity contribution in [2.24, 2.45) is 0 Å². The average molecular weight is 327 g/mol. The van der Waals surface area contributed by atoms with E-state index in [-0.39, 0.29) is 4.75 Å². The van der Waals surface area contributed by atoms with Crippen LogP contribution in [0.2, 0.25) is 0 Å². The van der Waals surface area contributed by atoms with Gasteiger partial charge < -0.3 is 5.32 Å². The zero-order chi connectivity index (χ0) is 16.3. The molecule has 0 saturated carbocycles. The van der Waals surface area contributed by atoms with E-state index in [0.717, 1.165) is 25.1 Å². The largest absolute Gasteiger partial charge is 0.312 e. The standard InChI is InChI=1S/C20H25NOS/c1-3-13-23(22)20(14-16(2)21-15-20)19-11-9-18(10-12-19)17-7-5-4-6-8-17/h4-12,16,21H,3,13-15H2,1-2H3/t16?,20-,23?/m0/s1. The summed E-state index contributed by atoms with van der Waals surface area (Å²) in [7, 11) is -0.839. The Morgan fingerprint density at radius 3 is 2.30 bits per heavy atom. The van der Waals surface area contributed by atoms with Crippen molar-refractivity contribution in [2.45, 2.75) is 37.5 Å². The number of hydrogen-bond acceptors (Lipinski definition) is 2. The monoisotopic (exact) mass is 327 g/mol. The van der Waals surface area contributed by atoms with E-state index in [1.165, 1.54) is 16.7 Å². The Hall–Kier alpha value is -1.45. The van der Waals surface area contributed by atoms with Crippen molar-refractivity contribution in [3.63, 3.8) is 0 Å². The summed E-state index contributed by atoms with van der Waals surface area (Å²) in [4.78, 5) is 0. The summed E-state index contributed by atoms with van der Waals surface area (Å²) in [6.07, 6.45) is 1.91. The smallest absolute Gasteiger partial charge is 0.0845 e. The summed E-state index contributed by atoms with van der Waals surface area (Å²) in [5.41, 5.74) is 3.64. The summed E-state index contributed by atoms with van der Waals surface area (Å²) in [6, 6.07) is 19.5. The van der Waals surface area contributed by atoms with Crippen molar-refractivity contribution in [2.75, 3.05) is 12.3 Å². The van der Waals surface area contributed by atoms with Gasteiger partial charge in [0, 0.05) is 29.1 Å². The number of benzene rings is 2. The highest BCUT2D eigenvalue weighted by molar-refractivity contribution is 7.86. The first-order chi connectivity index (χ1) is 11.2. The molecule has 1 heterocycles. The van der Waals surface area contributed by atoms with Crippen molar-refractivity contribution >= 4 is 10.8 Å². The molecule has 3 atom stereocenters. The zero-order valence-electron chi connectivity index (χ0n) is 13.9.